The average molecular weight is 302 g/mol. The number of phenolic OH excluding ortho intramolecular Hbond substituents is 1. The van der Waals surface area contributed by atoms with Crippen LogP contribution in [0.25, 0.3) is 22.4 Å². The first kappa shape index (κ1) is 13.6. The lowest BCUT2D eigenvalue weighted by Gasteiger charge is -2.04. The van der Waals surface area contributed by atoms with Gasteiger partial charge in [-0.1, -0.05) is 12.1 Å². The molecule has 0 atom stereocenters. The Morgan fingerprint density at radius 1 is 1.14 bits per heavy atom. The molecule has 3 aromatic rings. The van der Waals surface area contributed by atoms with Crippen LogP contribution in [0.3, 0.4) is 0 Å². The molecule has 6 heteroatoms. The summed E-state index contributed by atoms with van der Waals surface area (Å²) in [6, 6.07) is 11.8. The van der Waals surface area contributed by atoms with Crippen LogP contribution < -0.4 is 0 Å². The minimum atomic E-state index is -3.27. The summed E-state index contributed by atoms with van der Waals surface area (Å²) < 4.78 is 25.1. The highest BCUT2D eigenvalue weighted by Gasteiger charge is 2.15. The van der Waals surface area contributed by atoms with Gasteiger partial charge in [0, 0.05) is 13.3 Å². The second kappa shape index (κ2) is 4.60. The highest BCUT2D eigenvalue weighted by Crippen LogP contribution is 2.30. The summed E-state index contributed by atoms with van der Waals surface area (Å²) in [6.45, 7) is 0. The number of imidazole rings is 1. The van der Waals surface area contributed by atoms with Gasteiger partial charge in [-0.3, -0.25) is 0 Å². The largest absolute Gasteiger partial charge is 0.507 e. The molecule has 0 aliphatic rings. The molecule has 1 heterocycles. The third-order valence-corrected chi connectivity index (χ3v) is 4.54. The Kier molecular flexibility index (Phi) is 2.98. The number of aromatic nitrogens is 2. The Bertz CT molecular complexity index is 943. The molecule has 108 valence electrons. The first-order chi connectivity index (χ1) is 9.88. The fraction of sp³-hybridized carbons (Fsp3) is 0.133. The van der Waals surface area contributed by atoms with E-state index in [1.165, 1.54) is 6.26 Å². The number of aromatic hydroxyl groups is 1. The standard InChI is InChI=1S/C15H14N2O3S/c1-17-13-8-7-10(21(2,19)20)9-12(13)16-15(17)11-5-3-4-6-14(11)18/h3-9,18H,1-2H3. The van der Waals surface area contributed by atoms with E-state index in [-0.39, 0.29) is 10.6 Å². The van der Waals surface area contributed by atoms with E-state index in [2.05, 4.69) is 4.98 Å². The van der Waals surface area contributed by atoms with Gasteiger partial charge in [-0.25, -0.2) is 13.4 Å². The summed E-state index contributed by atoms with van der Waals surface area (Å²) in [4.78, 5) is 4.69. The van der Waals surface area contributed by atoms with E-state index in [1.807, 2.05) is 17.7 Å². The van der Waals surface area contributed by atoms with Crippen LogP contribution in [-0.2, 0) is 16.9 Å². The quantitative estimate of drug-likeness (QED) is 0.788. The molecule has 0 saturated carbocycles. The van der Waals surface area contributed by atoms with E-state index in [0.29, 0.717) is 16.9 Å². The Balaban J connectivity index is 2.28. The van der Waals surface area contributed by atoms with Crippen LogP contribution in [-0.4, -0.2) is 29.3 Å². The number of sulfone groups is 1. The van der Waals surface area contributed by atoms with Crippen molar-refractivity contribution in [3.63, 3.8) is 0 Å². The average Bonchev–Trinajstić information content (AvgIpc) is 2.75. The van der Waals surface area contributed by atoms with E-state index in [4.69, 9.17) is 0 Å². The van der Waals surface area contributed by atoms with Gasteiger partial charge in [-0.2, -0.15) is 0 Å². The SMILES string of the molecule is Cn1c(-c2ccccc2O)nc2cc(S(C)(=O)=O)ccc21. The summed E-state index contributed by atoms with van der Waals surface area (Å²) in [6.07, 6.45) is 1.17. The maximum atomic E-state index is 11.6. The van der Waals surface area contributed by atoms with E-state index in [1.54, 1.807) is 36.4 Å². The Labute approximate surface area is 122 Å². The third kappa shape index (κ3) is 2.27. The van der Waals surface area contributed by atoms with Gasteiger partial charge in [0.25, 0.3) is 0 Å². The van der Waals surface area contributed by atoms with Gasteiger partial charge in [0.2, 0.25) is 0 Å². The number of hydrogen-bond acceptors (Lipinski definition) is 4. The first-order valence-electron chi connectivity index (χ1n) is 6.33. The van der Waals surface area contributed by atoms with Crippen LogP contribution in [0.15, 0.2) is 47.4 Å². The number of fused-ring (bicyclic) bond motifs is 1. The molecule has 0 amide bonds. The minimum Gasteiger partial charge on any atom is -0.507 e. The third-order valence-electron chi connectivity index (χ3n) is 3.43. The van der Waals surface area contributed by atoms with Crippen LogP contribution >= 0.6 is 0 Å². The summed E-state index contributed by atoms with van der Waals surface area (Å²) in [5.74, 6) is 0.730. The molecule has 1 N–H and O–H groups in total. The molecule has 0 bridgehead atoms. The van der Waals surface area contributed by atoms with Gasteiger partial charge >= 0.3 is 0 Å². The molecule has 0 spiro atoms. The summed E-state index contributed by atoms with van der Waals surface area (Å²) >= 11 is 0. The maximum absolute atomic E-state index is 11.6. The Morgan fingerprint density at radius 2 is 1.86 bits per heavy atom. The molecule has 0 aliphatic heterocycles. The van der Waals surface area contributed by atoms with Crippen LogP contribution in [0, 0.1) is 0 Å². The number of phenols is 1. The smallest absolute Gasteiger partial charge is 0.175 e. The predicted octanol–water partition coefficient (Wildman–Crippen LogP) is 2.35. The van der Waals surface area contributed by atoms with Gasteiger partial charge in [-0.05, 0) is 30.3 Å². The van der Waals surface area contributed by atoms with Gasteiger partial charge in [-0.15, -0.1) is 0 Å². The second-order valence-corrected chi connectivity index (χ2v) is 6.95. The minimum absolute atomic E-state index is 0.138. The van der Waals surface area contributed by atoms with E-state index in [0.717, 1.165) is 5.52 Å². The van der Waals surface area contributed by atoms with Gasteiger partial charge in [0.05, 0.1) is 21.5 Å². The zero-order valence-corrected chi connectivity index (χ0v) is 12.4. The molecule has 0 saturated heterocycles. The highest BCUT2D eigenvalue weighted by atomic mass is 32.2. The summed E-state index contributed by atoms with van der Waals surface area (Å²) in [7, 11) is -1.44. The van der Waals surface area contributed by atoms with Crippen LogP contribution in [0.1, 0.15) is 0 Å². The normalized spacial score (nSPS) is 11.9. The van der Waals surface area contributed by atoms with Crippen molar-refractivity contribution in [1.82, 2.24) is 9.55 Å². The lowest BCUT2D eigenvalue weighted by atomic mass is 10.2. The Hall–Kier alpha value is -2.34. The van der Waals surface area contributed by atoms with E-state index in [9.17, 15) is 13.5 Å². The molecule has 0 fully saturated rings. The molecule has 1 aromatic heterocycles. The predicted molar refractivity (Wildman–Crippen MR) is 80.9 cm³/mol. The zero-order valence-electron chi connectivity index (χ0n) is 11.6. The number of nitrogens with zero attached hydrogens (tertiary/aromatic N) is 2. The topological polar surface area (TPSA) is 72.2 Å². The number of rotatable bonds is 2. The number of hydrogen-bond donors (Lipinski definition) is 1. The lowest BCUT2D eigenvalue weighted by molar-refractivity contribution is 0.476. The van der Waals surface area contributed by atoms with Crippen molar-refractivity contribution in [3.05, 3.63) is 42.5 Å². The molecule has 5 nitrogen and oxygen atoms in total. The highest BCUT2D eigenvalue weighted by molar-refractivity contribution is 7.90. The number of para-hydroxylation sites is 1. The molecule has 0 radical (unpaired) electrons. The van der Waals surface area contributed by atoms with E-state index >= 15 is 0 Å². The van der Waals surface area contributed by atoms with Crippen molar-refractivity contribution < 1.29 is 13.5 Å². The van der Waals surface area contributed by atoms with Crippen molar-refractivity contribution in [3.8, 4) is 17.1 Å². The van der Waals surface area contributed by atoms with Crippen LogP contribution in [0.5, 0.6) is 5.75 Å². The van der Waals surface area contributed by atoms with E-state index < -0.39 is 9.84 Å². The molecule has 2 aromatic carbocycles. The van der Waals surface area contributed by atoms with Crippen molar-refractivity contribution in [2.45, 2.75) is 4.90 Å². The first-order valence-corrected chi connectivity index (χ1v) is 8.22. The number of aryl methyl sites for hydroxylation is 1. The molecule has 3 rings (SSSR count). The van der Waals surface area contributed by atoms with Crippen molar-refractivity contribution >= 4 is 20.9 Å². The molecular formula is C15H14N2O3S. The van der Waals surface area contributed by atoms with Gasteiger partial charge in [0.15, 0.2) is 9.84 Å². The fourth-order valence-corrected chi connectivity index (χ4v) is 2.95. The van der Waals surface area contributed by atoms with Gasteiger partial charge < -0.3 is 9.67 Å². The summed E-state index contributed by atoms with van der Waals surface area (Å²) in [5, 5.41) is 9.95. The van der Waals surface area contributed by atoms with Crippen LogP contribution in [0.2, 0.25) is 0 Å². The van der Waals surface area contributed by atoms with Crippen molar-refractivity contribution in [2.24, 2.45) is 7.05 Å². The molecule has 0 aliphatic carbocycles. The Morgan fingerprint density at radius 3 is 2.52 bits per heavy atom. The number of benzene rings is 2. The lowest BCUT2D eigenvalue weighted by Crippen LogP contribution is -1.96. The maximum Gasteiger partial charge on any atom is 0.175 e. The summed E-state index contributed by atoms with van der Waals surface area (Å²) in [5.41, 5.74) is 2.00. The fourth-order valence-electron chi connectivity index (χ4n) is 2.31. The van der Waals surface area contributed by atoms with Crippen molar-refractivity contribution in [2.75, 3.05) is 6.26 Å². The monoisotopic (exact) mass is 302 g/mol. The van der Waals surface area contributed by atoms with Crippen molar-refractivity contribution in [1.29, 1.82) is 0 Å². The zero-order chi connectivity index (χ0) is 15.2. The van der Waals surface area contributed by atoms with Crippen LogP contribution in [0.4, 0.5) is 0 Å². The molecular weight excluding hydrogens is 288 g/mol. The molecule has 0 unspecified atom stereocenters. The second-order valence-electron chi connectivity index (χ2n) is 4.93. The van der Waals surface area contributed by atoms with Gasteiger partial charge in [0.1, 0.15) is 11.6 Å². The molecule has 21 heavy (non-hydrogen) atoms.